The zero-order valence-electron chi connectivity index (χ0n) is 11.1. The third-order valence-corrected chi connectivity index (χ3v) is 4.02. The molecule has 98 valence electrons. The van der Waals surface area contributed by atoms with Gasteiger partial charge in [-0.15, -0.1) is 0 Å². The molecule has 0 aromatic carbocycles. The Morgan fingerprint density at radius 2 is 2.24 bits per heavy atom. The monoisotopic (exact) mass is 240 g/mol. The van der Waals surface area contributed by atoms with Crippen molar-refractivity contribution in [3.63, 3.8) is 0 Å². The summed E-state index contributed by atoms with van der Waals surface area (Å²) < 4.78 is 0. The summed E-state index contributed by atoms with van der Waals surface area (Å²) in [6.07, 6.45) is 1.63. The first-order chi connectivity index (χ1) is 7.89. The predicted molar refractivity (Wildman–Crippen MR) is 66.6 cm³/mol. The van der Waals surface area contributed by atoms with E-state index in [-0.39, 0.29) is 17.2 Å². The Morgan fingerprint density at radius 1 is 1.53 bits per heavy atom. The Labute approximate surface area is 103 Å². The van der Waals surface area contributed by atoms with Gasteiger partial charge in [-0.1, -0.05) is 20.8 Å². The lowest BCUT2D eigenvalue weighted by Crippen LogP contribution is -2.42. The van der Waals surface area contributed by atoms with Gasteiger partial charge in [-0.3, -0.25) is 4.79 Å². The molecular formula is C13H24N2O2. The fourth-order valence-corrected chi connectivity index (χ4v) is 2.65. The van der Waals surface area contributed by atoms with Gasteiger partial charge in [-0.2, -0.15) is 0 Å². The molecule has 17 heavy (non-hydrogen) atoms. The highest BCUT2D eigenvalue weighted by Gasteiger charge is 2.42. The van der Waals surface area contributed by atoms with E-state index in [0.29, 0.717) is 12.6 Å². The largest absolute Gasteiger partial charge is 0.391 e. The van der Waals surface area contributed by atoms with Crippen LogP contribution in [-0.2, 0) is 4.79 Å². The molecule has 2 saturated heterocycles. The molecule has 0 spiro atoms. The van der Waals surface area contributed by atoms with E-state index >= 15 is 0 Å². The van der Waals surface area contributed by atoms with Crippen LogP contribution in [0.2, 0.25) is 0 Å². The number of piperidine rings is 1. The van der Waals surface area contributed by atoms with Gasteiger partial charge in [0, 0.05) is 19.1 Å². The molecule has 0 aromatic heterocycles. The highest BCUT2D eigenvalue weighted by atomic mass is 16.3. The lowest BCUT2D eigenvalue weighted by molar-refractivity contribution is -0.133. The number of amides is 1. The number of aliphatic hydroxyl groups is 1. The van der Waals surface area contributed by atoms with Crippen molar-refractivity contribution in [1.29, 1.82) is 0 Å². The van der Waals surface area contributed by atoms with Crippen LogP contribution in [0.15, 0.2) is 0 Å². The number of likely N-dealkylation sites (tertiary alicyclic amines) is 1. The van der Waals surface area contributed by atoms with Crippen LogP contribution in [-0.4, -0.2) is 47.7 Å². The molecule has 2 fully saturated rings. The highest BCUT2D eigenvalue weighted by molar-refractivity contribution is 5.82. The highest BCUT2D eigenvalue weighted by Crippen LogP contribution is 2.28. The third-order valence-electron chi connectivity index (χ3n) is 4.02. The summed E-state index contributed by atoms with van der Waals surface area (Å²) in [5.41, 5.74) is -0.165. The number of nitrogens with one attached hydrogen (secondary N) is 1. The summed E-state index contributed by atoms with van der Waals surface area (Å²) in [5, 5.41) is 13.5. The SMILES string of the molecule is CC(C)(C)C(O)CN1CC2NCCCC2C1=O. The van der Waals surface area contributed by atoms with Gasteiger partial charge >= 0.3 is 0 Å². The summed E-state index contributed by atoms with van der Waals surface area (Å²) in [7, 11) is 0. The average Bonchev–Trinajstić information content (AvgIpc) is 2.55. The minimum Gasteiger partial charge on any atom is -0.391 e. The Morgan fingerprint density at radius 3 is 2.82 bits per heavy atom. The molecule has 1 amide bonds. The minimum atomic E-state index is -0.452. The Bertz CT molecular complexity index is 298. The van der Waals surface area contributed by atoms with Crippen molar-refractivity contribution in [2.24, 2.45) is 11.3 Å². The normalized spacial score (nSPS) is 31.5. The fraction of sp³-hybridized carbons (Fsp3) is 0.923. The number of nitrogens with zero attached hydrogens (tertiary/aromatic N) is 1. The minimum absolute atomic E-state index is 0.149. The molecule has 3 unspecified atom stereocenters. The molecule has 3 atom stereocenters. The van der Waals surface area contributed by atoms with Gasteiger partial charge in [0.25, 0.3) is 0 Å². The van der Waals surface area contributed by atoms with Crippen molar-refractivity contribution in [2.75, 3.05) is 19.6 Å². The second kappa shape index (κ2) is 4.58. The first-order valence-corrected chi connectivity index (χ1v) is 6.60. The number of β-amino-alcohol motifs (C(OH)–C–C–N with tert-alkyl or cyclic N) is 1. The van der Waals surface area contributed by atoms with Gasteiger partial charge in [-0.05, 0) is 24.8 Å². The molecule has 0 aliphatic carbocycles. The molecular weight excluding hydrogens is 216 g/mol. The van der Waals surface area contributed by atoms with Crippen LogP contribution in [0.3, 0.4) is 0 Å². The van der Waals surface area contributed by atoms with E-state index in [4.69, 9.17) is 0 Å². The second-order valence-electron chi connectivity index (χ2n) is 6.43. The zero-order valence-corrected chi connectivity index (χ0v) is 11.1. The molecule has 0 saturated carbocycles. The van der Waals surface area contributed by atoms with Crippen molar-refractivity contribution in [3.05, 3.63) is 0 Å². The smallest absolute Gasteiger partial charge is 0.227 e. The van der Waals surface area contributed by atoms with Crippen molar-refractivity contribution in [1.82, 2.24) is 10.2 Å². The molecule has 0 aromatic rings. The van der Waals surface area contributed by atoms with Crippen molar-refractivity contribution in [2.45, 2.75) is 45.8 Å². The van der Waals surface area contributed by atoms with E-state index in [1.54, 1.807) is 0 Å². The molecule has 2 aliphatic heterocycles. The van der Waals surface area contributed by atoms with Gasteiger partial charge in [0.15, 0.2) is 0 Å². The number of carbonyl (C=O) groups excluding carboxylic acids is 1. The summed E-state index contributed by atoms with van der Waals surface area (Å²) in [6.45, 7) is 8.26. The topological polar surface area (TPSA) is 52.6 Å². The van der Waals surface area contributed by atoms with Gasteiger partial charge in [0.05, 0.1) is 12.0 Å². The van der Waals surface area contributed by atoms with Crippen LogP contribution < -0.4 is 5.32 Å². The number of carbonyl (C=O) groups is 1. The van der Waals surface area contributed by atoms with E-state index in [0.717, 1.165) is 25.9 Å². The van der Waals surface area contributed by atoms with Crippen LogP contribution in [0.5, 0.6) is 0 Å². The maximum absolute atomic E-state index is 12.2. The predicted octanol–water partition coefficient (Wildman–Crippen LogP) is 0.604. The quantitative estimate of drug-likeness (QED) is 0.743. The van der Waals surface area contributed by atoms with Crippen molar-refractivity contribution < 1.29 is 9.90 Å². The summed E-state index contributed by atoms with van der Waals surface area (Å²) in [4.78, 5) is 14.0. The number of hydrogen-bond acceptors (Lipinski definition) is 3. The summed E-state index contributed by atoms with van der Waals surface area (Å²) in [6, 6.07) is 0.309. The Hall–Kier alpha value is -0.610. The fourth-order valence-electron chi connectivity index (χ4n) is 2.65. The third kappa shape index (κ3) is 2.63. The van der Waals surface area contributed by atoms with Gasteiger partial charge in [0.2, 0.25) is 5.91 Å². The maximum atomic E-state index is 12.2. The molecule has 2 rings (SSSR count). The number of aliphatic hydroxyl groups excluding tert-OH is 1. The number of rotatable bonds is 2. The van der Waals surface area contributed by atoms with E-state index in [2.05, 4.69) is 5.32 Å². The Balaban J connectivity index is 1.97. The average molecular weight is 240 g/mol. The van der Waals surface area contributed by atoms with Crippen LogP contribution in [0.4, 0.5) is 0 Å². The number of hydrogen-bond donors (Lipinski definition) is 2. The van der Waals surface area contributed by atoms with Crippen LogP contribution in [0.25, 0.3) is 0 Å². The molecule has 4 nitrogen and oxygen atoms in total. The molecule has 2 aliphatic rings. The van der Waals surface area contributed by atoms with Crippen molar-refractivity contribution in [3.8, 4) is 0 Å². The number of fused-ring (bicyclic) bond motifs is 1. The van der Waals surface area contributed by atoms with E-state index in [1.807, 2.05) is 25.7 Å². The maximum Gasteiger partial charge on any atom is 0.227 e. The van der Waals surface area contributed by atoms with Crippen molar-refractivity contribution >= 4 is 5.91 Å². The van der Waals surface area contributed by atoms with E-state index in [1.165, 1.54) is 0 Å². The standard InChI is InChI=1S/C13H24N2O2/c1-13(2,3)11(16)8-15-7-10-9(12(15)17)5-4-6-14-10/h9-11,14,16H,4-8H2,1-3H3. The Kier molecular flexibility index (Phi) is 3.46. The van der Waals surface area contributed by atoms with Gasteiger partial charge in [0.1, 0.15) is 0 Å². The van der Waals surface area contributed by atoms with Crippen LogP contribution in [0, 0.1) is 11.3 Å². The summed E-state index contributed by atoms with van der Waals surface area (Å²) in [5.74, 6) is 0.376. The first kappa shape index (κ1) is 12.8. The zero-order chi connectivity index (χ0) is 12.6. The molecule has 4 heteroatoms. The lowest BCUT2D eigenvalue weighted by atomic mass is 9.89. The van der Waals surface area contributed by atoms with E-state index in [9.17, 15) is 9.90 Å². The van der Waals surface area contributed by atoms with Gasteiger partial charge < -0.3 is 15.3 Å². The van der Waals surface area contributed by atoms with Crippen LogP contribution >= 0.6 is 0 Å². The molecule has 0 radical (unpaired) electrons. The van der Waals surface area contributed by atoms with Gasteiger partial charge in [-0.25, -0.2) is 0 Å². The molecule has 0 bridgehead atoms. The first-order valence-electron chi connectivity index (χ1n) is 6.60. The second-order valence-corrected chi connectivity index (χ2v) is 6.43. The molecule has 2 N–H and O–H groups in total. The lowest BCUT2D eigenvalue weighted by Gasteiger charge is -2.29. The van der Waals surface area contributed by atoms with E-state index < -0.39 is 6.10 Å². The molecule has 2 heterocycles. The summed E-state index contributed by atoms with van der Waals surface area (Å²) >= 11 is 0. The van der Waals surface area contributed by atoms with Crippen LogP contribution in [0.1, 0.15) is 33.6 Å².